The smallest absolute Gasteiger partial charge is 0.339 e. The largest absolute Gasteiger partial charge is 0.465 e. The van der Waals surface area contributed by atoms with E-state index in [-0.39, 0.29) is 0 Å². The predicted molar refractivity (Wildman–Crippen MR) is 107 cm³/mol. The third-order valence-corrected chi connectivity index (χ3v) is 4.10. The summed E-state index contributed by atoms with van der Waals surface area (Å²) in [5, 5.41) is 6.32. The van der Waals surface area contributed by atoms with Gasteiger partial charge in [-0.15, -0.1) is 0 Å². The van der Waals surface area contributed by atoms with Crippen molar-refractivity contribution in [1.29, 1.82) is 0 Å². The zero-order valence-electron chi connectivity index (χ0n) is 15.4. The maximum absolute atomic E-state index is 11.9. The van der Waals surface area contributed by atoms with Crippen LogP contribution in [0.4, 0.5) is 28.7 Å². The van der Waals surface area contributed by atoms with Gasteiger partial charge in [-0.05, 0) is 37.6 Å². The SMILES string of the molecule is COC(=O)c1ccccc1Nc1ncnc(Nc2ccc(C)cc2C)c1N. The van der Waals surface area contributed by atoms with Crippen LogP contribution >= 0.6 is 0 Å². The highest BCUT2D eigenvalue weighted by Crippen LogP contribution is 2.30. The Morgan fingerprint density at radius 2 is 1.67 bits per heavy atom. The van der Waals surface area contributed by atoms with Crippen LogP contribution in [-0.4, -0.2) is 23.0 Å². The van der Waals surface area contributed by atoms with Gasteiger partial charge in [0.15, 0.2) is 11.6 Å². The molecule has 0 amide bonds. The second kappa shape index (κ2) is 7.74. The molecule has 2 aromatic carbocycles. The molecular weight excluding hydrogens is 342 g/mol. The maximum atomic E-state index is 11.9. The average molecular weight is 363 g/mol. The molecule has 0 bridgehead atoms. The van der Waals surface area contributed by atoms with Crippen molar-refractivity contribution in [3.63, 3.8) is 0 Å². The first-order valence-corrected chi connectivity index (χ1v) is 8.38. The fourth-order valence-electron chi connectivity index (χ4n) is 2.68. The van der Waals surface area contributed by atoms with Gasteiger partial charge in [0.25, 0.3) is 0 Å². The monoisotopic (exact) mass is 363 g/mol. The number of carbonyl (C=O) groups excluding carboxylic acids is 1. The molecule has 0 atom stereocenters. The number of methoxy groups -OCH3 is 1. The van der Waals surface area contributed by atoms with Crippen molar-refractivity contribution in [3.05, 3.63) is 65.5 Å². The van der Waals surface area contributed by atoms with Gasteiger partial charge in [-0.1, -0.05) is 29.8 Å². The van der Waals surface area contributed by atoms with Crippen LogP contribution in [0.1, 0.15) is 21.5 Å². The van der Waals surface area contributed by atoms with E-state index in [0.29, 0.717) is 28.6 Å². The Bertz CT molecular complexity index is 988. The summed E-state index contributed by atoms with van der Waals surface area (Å²) >= 11 is 0. The van der Waals surface area contributed by atoms with Gasteiger partial charge in [0.05, 0.1) is 18.4 Å². The fraction of sp³-hybridized carbons (Fsp3) is 0.150. The van der Waals surface area contributed by atoms with E-state index >= 15 is 0 Å². The summed E-state index contributed by atoms with van der Waals surface area (Å²) in [5.41, 5.74) is 10.7. The van der Waals surface area contributed by atoms with Gasteiger partial charge in [-0.25, -0.2) is 14.8 Å². The third kappa shape index (κ3) is 3.98. The molecule has 0 aliphatic heterocycles. The number of rotatable bonds is 5. The Morgan fingerprint density at radius 3 is 2.33 bits per heavy atom. The van der Waals surface area contributed by atoms with Crippen molar-refractivity contribution >= 4 is 34.7 Å². The van der Waals surface area contributed by atoms with Gasteiger partial charge in [0.2, 0.25) is 0 Å². The molecule has 0 saturated heterocycles. The number of aromatic nitrogens is 2. The van der Waals surface area contributed by atoms with E-state index in [4.69, 9.17) is 10.5 Å². The summed E-state index contributed by atoms with van der Waals surface area (Å²) in [5.74, 6) is 0.433. The Labute approximate surface area is 157 Å². The van der Waals surface area contributed by atoms with Crippen molar-refractivity contribution in [2.75, 3.05) is 23.5 Å². The lowest BCUT2D eigenvalue weighted by molar-refractivity contribution is 0.0602. The maximum Gasteiger partial charge on any atom is 0.339 e. The molecule has 3 aromatic rings. The number of hydrogen-bond acceptors (Lipinski definition) is 7. The summed E-state index contributed by atoms with van der Waals surface area (Å²) in [6.45, 7) is 4.05. The quantitative estimate of drug-likeness (QED) is 0.590. The minimum absolute atomic E-state index is 0.345. The van der Waals surface area contributed by atoms with E-state index in [0.717, 1.165) is 11.3 Å². The number of nitrogens with two attached hydrogens (primary N) is 1. The topological polar surface area (TPSA) is 102 Å². The van der Waals surface area contributed by atoms with Gasteiger partial charge < -0.3 is 21.1 Å². The van der Waals surface area contributed by atoms with Crippen LogP contribution in [0.15, 0.2) is 48.8 Å². The van der Waals surface area contributed by atoms with E-state index in [1.54, 1.807) is 24.3 Å². The number of nitrogens with one attached hydrogen (secondary N) is 2. The molecule has 1 aromatic heterocycles. The lowest BCUT2D eigenvalue weighted by Crippen LogP contribution is -2.09. The second-order valence-corrected chi connectivity index (χ2v) is 6.09. The lowest BCUT2D eigenvalue weighted by atomic mass is 10.1. The molecule has 0 radical (unpaired) electrons. The number of nitrogen functional groups attached to an aromatic ring is 1. The summed E-state index contributed by atoms with van der Waals surface area (Å²) in [6, 6.07) is 13.1. The van der Waals surface area contributed by atoms with E-state index in [1.807, 2.05) is 26.0 Å². The number of anilines is 5. The second-order valence-electron chi connectivity index (χ2n) is 6.09. The Morgan fingerprint density at radius 1 is 1.00 bits per heavy atom. The number of esters is 1. The molecule has 138 valence electrons. The molecule has 27 heavy (non-hydrogen) atoms. The van der Waals surface area contributed by atoms with Crippen LogP contribution in [0.2, 0.25) is 0 Å². The van der Waals surface area contributed by atoms with Crippen LogP contribution in [0.3, 0.4) is 0 Å². The standard InChI is InChI=1S/C20H21N5O2/c1-12-8-9-15(13(2)10-12)24-18-17(21)19(23-11-22-18)25-16-7-5-4-6-14(16)20(26)27-3/h4-11H,21H2,1-3H3,(H2,22,23,24,25). The van der Waals surface area contributed by atoms with E-state index in [1.165, 1.54) is 19.0 Å². The normalized spacial score (nSPS) is 10.3. The van der Waals surface area contributed by atoms with Gasteiger partial charge in [0.1, 0.15) is 12.0 Å². The van der Waals surface area contributed by atoms with Crippen molar-refractivity contribution in [2.45, 2.75) is 13.8 Å². The summed E-state index contributed by atoms with van der Waals surface area (Å²) in [4.78, 5) is 20.4. The first kappa shape index (κ1) is 18.2. The van der Waals surface area contributed by atoms with Gasteiger partial charge in [-0.3, -0.25) is 0 Å². The van der Waals surface area contributed by atoms with E-state index < -0.39 is 5.97 Å². The fourth-order valence-corrected chi connectivity index (χ4v) is 2.68. The van der Waals surface area contributed by atoms with E-state index in [9.17, 15) is 4.79 Å². The molecule has 0 unspecified atom stereocenters. The molecule has 0 fully saturated rings. The highest BCUT2D eigenvalue weighted by molar-refractivity contribution is 5.97. The molecule has 3 rings (SSSR count). The van der Waals surface area contributed by atoms with E-state index in [2.05, 4.69) is 26.7 Å². The zero-order chi connectivity index (χ0) is 19.4. The summed E-state index contributed by atoms with van der Waals surface area (Å²) in [7, 11) is 1.34. The number of para-hydroxylation sites is 1. The Hall–Kier alpha value is -3.61. The number of carbonyl (C=O) groups is 1. The molecule has 7 nitrogen and oxygen atoms in total. The van der Waals surface area contributed by atoms with Crippen LogP contribution in [0.25, 0.3) is 0 Å². The predicted octanol–water partition coefficient (Wildman–Crippen LogP) is 3.95. The molecule has 0 aliphatic rings. The number of hydrogen-bond donors (Lipinski definition) is 3. The Kier molecular flexibility index (Phi) is 5.21. The van der Waals surface area contributed by atoms with Crippen molar-refractivity contribution in [1.82, 2.24) is 9.97 Å². The number of nitrogens with zero attached hydrogens (tertiary/aromatic N) is 2. The molecule has 4 N–H and O–H groups in total. The van der Waals surface area contributed by atoms with Crippen LogP contribution in [-0.2, 0) is 4.74 Å². The average Bonchev–Trinajstić information content (AvgIpc) is 2.66. The molecule has 0 aliphatic carbocycles. The molecule has 0 spiro atoms. The number of ether oxygens (including phenoxy) is 1. The third-order valence-electron chi connectivity index (χ3n) is 4.10. The Balaban J connectivity index is 1.91. The summed E-state index contributed by atoms with van der Waals surface area (Å²) < 4.78 is 4.82. The highest BCUT2D eigenvalue weighted by Gasteiger charge is 2.14. The minimum Gasteiger partial charge on any atom is -0.465 e. The molecule has 0 saturated carbocycles. The van der Waals surface area contributed by atoms with Crippen LogP contribution in [0, 0.1) is 13.8 Å². The molecular formula is C20H21N5O2. The zero-order valence-corrected chi connectivity index (χ0v) is 15.4. The van der Waals surface area contributed by atoms with Crippen LogP contribution in [0.5, 0.6) is 0 Å². The van der Waals surface area contributed by atoms with Gasteiger partial charge in [0, 0.05) is 5.69 Å². The van der Waals surface area contributed by atoms with Gasteiger partial charge in [-0.2, -0.15) is 0 Å². The first-order valence-electron chi connectivity index (χ1n) is 8.38. The highest BCUT2D eigenvalue weighted by atomic mass is 16.5. The number of aryl methyl sites for hydroxylation is 2. The minimum atomic E-state index is -0.445. The van der Waals surface area contributed by atoms with Crippen molar-refractivity contribution < 1.29 is 9.53 Å². The molecule has 7 heteroatoms. The van der Waals surface area contributed by atoms with Crippen molar-refractivity contribution in [2.24, 2.45) is 0 Å². The van der Waals surface area contributed by atoms with Gasteiger partial charge >= 0.3 is 5.97 Å². The lowest BCUT2D eigenvalue weighted by Gasteiger charge is -2.15. The molecule has 1 heterocycles. The van der Waals surface area contributed by atoms with Crippen LogP contribution < -0.4 is 16.4 Å². The van der Waals surface area contributed by atoms with Crippen molar-refractivity contribution in [3.8, 4) is 0 Å². The summed E-state index contributed by atoms with van der Waals surface area (Å²) in [6.07, 6.45) is 1.41. The number of benzene rings is 2. The first-order chi connectivity index (χ1) is 13.0.